The average Bonchev–Trinajstić information content (AvgIpc) is 2.61. The Morgan fingerprint density at radius 2 is 2.00 bits per heavy atom. The van der Waals surface area contributed by atoms with E-state index in [0.717, 1.165) is 6.54 Å². The number of hydrogen-bond donors (Lipinski definition) is 2. The molecule has 20 heavy (non-hydrogen) atoms. The van der Waals surface area contributed by atoms with Gasteiger partial charge in [0, 0.05) is 28.9 Å². The lowest BCUT2D eigenvalue weighted by atomic mass is 10.1. The van der Waals surface area contributed by atoms with Gasteiger partial charge in [0.25, 0.3) is 0 Å². The Labute approximate surface area is 125 Å². The summed E-state index contributed by atoms with van der Waals surface area (Å²) >= 11 is 1.82. The number of hydrogen-bond acceptors (Lipinski definition) is 4. The van der Waals surface area contributed by atoms with Gasteiger partial charge in [0.2, 0.25) is 0 Å². The lowest BCUT2D eigenvalue weighted by Gasteiger charge is -2.20. The van der Waals surface area contributed by atoms with Gasteiger partial charge < -0.3 is 15.4 Å². The van der Waals surface area contributed by atoms with Crippen LogP contribution in [0.5, 0.6) is 0 Å². The lowest BCUT2D eigenvalue weighted by molar-refractivity contribution is 0.0528. The topological polar surface area (TPSA) is 50.4 Å². The molecule has 1 heterocycles. The quantitative estimate of drug-likeness (QED) is 0.818. The Bertz CT molecular complexity index is 449. The summed E-state index contributed by atoms with van der Waals surface area (Å²) in [7, 11) is 0. The maximum absolute atomic E-state index is 11.5. The molecule has 0 spiro atoms. The lowest BCUT2D eigenvalue weighted by Crippen LogP contribution is -2.36. The van der Waals surface area contributed by atoms with E-state index < -0.39 is 5.60 Å². The number of nitrogens with one attached hydrogen (secondary N) is 2. The van der Waals surface area contributed by atoms with Gasteiger partial charge in [-0.1, -0.05) is 0 Å². The highest BCUT2D eigenvalue weighted by Gasteiger charge is 2.15. The normalized spacial score (nSPS) is 13.1. The van der Waals surface area contributed by atoms with Crippen LogP contribution in [0.1, 0.15) is 49.1 Å². The first-order chi connectivity index (χ1) is 9.19. The van der Waals surface area contributed by atoms with E-state index in [0.29, 0.717) is 12.6 Å². The summed E-state index contributed by atoms with van der Waals surface area (Å²) in [4.78, 5) is 14.2. The zero-order valence-electron chi connectivity index (χ0n) is 13.3. The molecule has 0 bridgehead atoms. The van der Waals surface area contributed by atoms with E-state index in [-0.39, 0.29) is 6.09 Å². The third-order valence-corrected chi connectivity index (χ3v) is 3.77. The van der Waals surface area contributed by atoms with Crippen molar-refractivity contribution in [1.29, 1.82) is 0 Å². The summed E-state index contributed by atoms with van der Waals surface area (Å²) in [6.07, 6.45) is -0.366. The number of carbonyl (C=O) groups is 1. The summed E-state index contributed by atoms with van der Waals surface area (Å²) in [6.45, 7) is 13.2. The molecule has 4 nitrogen and oxygen atoms in total. The van der Waals surface area contributed by atoms with E-state index in [1.165, 1.54) is 15.3 Å². The van der Waals surface area contributed by atoms with Gasteiger partial charge in [-0.3, -0.25) is 0 Å². The molecule has 0 aliphatic rings. The number of thiophene rings is 1. The van der Waals surface area contributed by atoms with Crippen molar-refractivity contribution >= 4 is 17.4 Å². The second-order valence-electron chi connectivity index (χ2n) is 5.97. The molecule has 1 unspecified atom stereocenters. The van der Waals surface area contributed by atoms with Gasteiger partial charge in [-0.05, 0) is 53.2 Å². The first kappa shape index (κ1) is 17.0. The van der Waals surface area contributed by atoms with E-state index in [1.54, 1.807) is 0 Å². The second kappa shape index (κ2) is 7.09. The fourth-order valence-electron chi connectivity index (χ4n) is 1.96. The molecule has 0 saturated heterocycles. The van der Waals surface area contributed by atoms with Crippen LogP contribution in [0.4, 0.5) is 4.79 Å². The van der Waals surface area contributed by atoms with Crippen molar-refractivity contribution in [2.45, 2.75) is 53.2 Å². The number of alkyl carbamates (subject to hydrolysis) is 1. The smallest absolute Gasteiger partial charge is 0.407 e. The average molecular weight is 298 g/mol. The highest BCUT2D eigenvalue weighted by Crippen LogP contribution is 2.25. The maximum atomic E-state index is 11.5. The number of ether oxygens (including phenoxy) is 1. The van der Waals surface area contributed by atoms with E-state index in [4.69, 9.17) is 4.74 Å². The molecule has 0 aliphatic heterocycles. The van der Waals surface area contributed by atoms with Crippen LogP contribution in [0, 0.1) is 13.8 Å². The van der Waals surface area contributed by atoms with Gasteiger partial charge in [-0.15, -0.1) is 11.3 Å². The molecule has 1 aromatic rings. The zero-order valence-corrected chi connectivity index (χ0v) is 14.1. The van der Waals surface area contributed by atoms with Crippen molar-refractivity contribution in [2.24, 2.45) is 0 Å². The molecule has 0 aliphatic carbocycles. The fraction of sp³-hybridized carbons (Fsp3) is 0.667. The SMILES string of the molecule is Cc1cc(C(C)NCCNC(=O)OC(C)(C)C)c(C)s1. The second-order valence-corrected chi connectivity index (χ2v) is 7.43. The molecule has 114 valence electrons. The van der Waals surface area contributed by atoms with Crippen LogP contribution in [0.2, 0.25) is 0 Å². The molecule has 0 fully saturated rings. The predicted octanol–water partition coefficient (Wildman–Crippen LogP) is 3.54. The Morgan fingerprint density at radius 1 is 1.35 bits per heavy atom. The Hall–Kier alpha value is -1.07. The minimum absolute atomic E-state index is 0.292. The molecule has 2 N–H and O–H groups in total. The highest BCUT2D eigenvalue weighted by atomic mass is 32.1. The van der Waals surface area contributed by atoms with Crippen molar-refractivity contribution in [3.05, 3.63) is 21.4 Å². The largest absolute Gasteiger partial charge is 0.444 e. The van der Waals surface area contributed by atoms with Gasteiger partial charge in [-0.2, -0.15) is 0 Å². The molecule has 1 atom stereocenters. The fourth-order valence-corrected chi connectivity index (χ4v) is 2.98. The zero-order chi connectivity index (χ0) is 15.3. The summed E-state index contributed by atoms with van der Waals surface area (Å²) in [5.41, 5.74) is 0.889. The molecular formula is C15H26N2O2S. The van der Waals surface area contributed by atoms with Crippen LogP contribution < -0.4 is 10.6 Å². The van der Waals surface area contributed by atoms with Crippen LogP contribution in [0.3, 0.4) is 0 Å². The van der Waals surface area contributed by atoms with Crippen molar-refractivity contribution in [1.82, 2.24) is 10.6 Å². The summed E-state index contributed by atoms with van der Waals surface area (Å²) in [6, 6.07) is 2.51. The van der Waals surface area contributed by atoms with Crippen molar-refractivity contribution < 1.29 is 9.53 Å². The number of carbonyl (C=O) groups excluding carboxylic acids is 1. The van der Waals surface area contributed by atoms with Crippen molar-refractivity contribution in [3.63, 3.8) is 0 Å². The molecule has 0 saturated carbocycles. The molecule has 0 aromatic carbocycles. The van der Waals surface area contributed by atoms with Crippen LogP contribution in [0.15, 0.2) is 6.07 Å². The predicted molar refractivity (Wildman–Crippen MR) is 84.4 cm³/mol. The van der Waals surface area contributed by atoms with Gasteiger partial charge in [0.1, 0.15) is 5.60 Å². The Kier molecular flexibility index (Phi) is 6.02. The number of rotatable bonds is 5. The number of aryl methyl sites for hydroxylation is 2. The Balaban J connectivity index is 2.28. The first-order valence-electron chi connectivity index (χ1n) is 6.96. The van der Waals surface area contributed by atoms with E-state index in [1.807, 2.05) is 32.1 Å². The van der Waals surface area contributed by atoms with Gasteiger partial charge in [0.05, 0.1) is 0 Å². The molecule has 1 amide bonds. The molecule has 0 radical (unpaired) electrons. The highest BCUT2D eigenvalue weighted by molar-refractivity contribution is 7.12. The maximum Gasteiger partial charge on any atom is 0.407 e. The van der Waals surface area contributed by atoms with E-state index in [9.17, 15) is 4.79 Å². The van der Waals surface area contributed by atoms with Crippen LogP contribution >= 0.6 is 11.3 Å². The monoisotopic (exact) mass is 298 g/mol. The standard InChI is InChI=1S/C15H26N2O2S/c1-10-9-13(12(3)20-10)11(2)16-7-8-17-14(18)19-15(4,5)6/h9,11,16H,7-8H2,1-6H3,(H,17,18). The molecule has 1 rings (SSSR count). The first-order valence-corrected chi connectivity index (χ1v) is 7.78. The van der Waals surface area contributed by atoms with Gasteiger partial charge >= 0.3 is 6.09 Å². The third-order valence-electron chi connectivity index (χ3n) is 2.79. The number of amides is 1. The third kappa shape index (κ3) is 5.92. The Morgan fingerprint density at radius 3 is 2.50 bits per heavy atom. The van der Waals surface area contributed by atoms with Crippen molar-refractivity contribution in [3.8, 4) is 0 Å². The van der Waals surface area contributed by atoms with Crippen molar-refractivity contribution in [2.75, 3.05) is 13.1 Å². The van der Waals surface area contributed by atoms with Crippen LogP contribution in [-0.2, 0) is 4.74 Å². The summed E-state index contributed by atoms with van der Waals surface area (Å²) in [5.74, 6) is 0. The van der Waals surface area contributed by atoms with E-state index >= 15 is 0 Å². The molecule has 1 aromatic heterocycles. The van der Waals surface area contributed by atoms with Gasteiger partial charge in [0.15, 0.2) is 0 Å². The van der Waals surface area contributed by atoms with Gasteiger partial charge in [-0.25, -0.2) is 4.79 Å². The molecular weight excluding hydrogens is 272 g/mol. The summed E-state index contributed by atoms with van der Waals surface area (Å²) < 4.78 is 5.18. The molecule has 5 heteroatoms. The van der Waals surface area contributed by atoms with E-state index in [2.05, 4.69) is 37.5 Å². The summed E-state index contributed by atoms with van der Waals surface area (Å²) in [5, 5.41) is 6.15. The minimum atomic E-state index is -0.448. The van der Waals surface area contributed by atoms with Crippen LogP contribution in [0.25, 0.3) is 0 Å². The van der Waals surface area contributed by atoms with Crippen LogP contribution in [-0.4, -0.2) is 24.8 Å². The minimum Gasteiger partial charge on any atom is -0.444 e.